The summed E-state index contributed by atoms with van der Waals surface area (Å²) in [6, 6.07) is 10.5. The molecule has 2 aromatic rings. The van der Waals surface area contributed by atoms with Gasteiger partial charge in [0.15, 0.2) is 0 Å². The number of hydrogen-bond acceptors (Lipinski definition) is 5. The minimum Gasteiger partial charge on any atom is -0.481 e. The minimum atomic E-state index is -0.764. The molecule has 1 aromatic carbocycles. The first-order valence-electron chi connectivity index (χ1n) is 11.5. The van der Waals surface area contributed by atoms with Crippen molar-refractivity contribution in [1.82, 2.24) is 0 Å². The standard InChI is InChI=1S/C25H34O5S/c26-18(11-13-19-15-17-7-5-6-9-24(17)31-19)12-14-21-20(22(27)16-23(21)28)8-3-1-2-4-10-25(29)30/h5-7,9,15,18,20-21,23,26,28H,1-4,8,10-14,16H2,(H,29,30)/t18-,20+,21+,23+/m0/s1. The van der Waals surface area contributed by atoms with Crippen molar-refractivity contribution >= 4 is 33.2 Å². The summed E-state index contributed by atoms with van der Waals surface area (Å²) >= 11 is 1.77. The number of carboxylic acids is 1. The molecule has 0 bridgehead atoms. The number of thiophene rings is 1. The van der Waals surface area contributed by atoms with E-state index in [-0.39, 0.29) is 30.5 Å². The van der Waals surface area contributed by atoms with E-state index in [0.717, 1.165) is 32.1 Å². The summed E-state index contributed by atoms with van der Waals surface area (Å²) in [4.78, 5) is 24.2. The van der Waals surface area contributed by atoms with Crippen LogP contribution in [0, 0.1) is 11.8 Å². The first kappa shape index (κ1) is 23.9. The van der Waals surface area contributed by atoms with Gasteiger partial charge in [0.05, 0.1) is 12.2 Å². The number of aliphatic hydroxyl groups is 2. The smallest absolute Gasteiger partial charge is 0.303 e. The molecule has 3 N–H and O–H groups in total. The third kappa shape index (κ3) is 7.13. The fourth-order valence-electron chi connectivity index (χ4n) is 4.78. The maximum absolute atomic E-state index is 12.3. The van der Waals surface area contributed by atoms with Crippen molar-refractivity contribution in [2.75, 3.05) is 0 Å². The summed E-state index contributed by atoms with van der Waals surface area (Å²) in [6.45, 7) is 0. The summed E-state index contributed by atoms with van der Waals surface area (Å²) < 4.78 is 1.27. The van der Waals surface area contributed by atoms with Crippen LogP contribution < -0.4 is 0 Å². The van der Waals surface area contributed by atoms with Crippen LogP contribution in [0.2, 0.25) is 0 Å². The molecule has 0 spiro atoms. The molecule has 1 aliphatic carbocycles. The number of aliphatic carboxylic acids is 1. The molecule has 0 amide bonds. The maximum Gasteiger partial charge on any atom is 0.303 e. The average Bonchev–Trinajstić information content (AvgIpc) is 3.27. The predicted octanol–water partition coefficient (Wildman–Crippen LogP) is 4.97. The molecule has 5 nitrogen and oxygen atoms in total. The molecule has 0 aliphatic heterocycles. The number of ketones is 1. The van der Waals surface area contributed by atoms with Crippen molar-refractivity contribution < 1.29 is 24.9 Å². The van der Waals surface area contributed by atoms with Gasteiger partial charge in [-0.1, -0.05) is 37.5 Å². The number of carbonyl (C=O) groups is 2. The first-order valence-corrected chi connectivity index (χ1v) is 12.3. The van der Waals surface area contributed by atoms with Crippen LogP contribution in [0.3, 0.4) is 0 Å². The van der Waals surface area contributed by atoms with Crippen LogP contribution in [-0.4, -0.2) is 39.3 Å². The molecule has 1 heterocycles. The molecular formula is C25H34O5S. The molecule has 0 saturated heterocycles. The van der Waals surface area contributed by atoms with E-state index in [2.05, 4.69) is 18.2 Å². The zero-order valence-corrected chi connectivity index (χ0v) is 18.9. The quantitative estimate of drug-likeness (QED) is 0.378. The molecule has 0 radical (unpaired) electrons. The Hall–Kier alpha value is -1.76. The number of Topliss-reactive ketones (excluding diaryl/α,β-unsaturated/α-hetero) is 1. The van der Waals surface area contributed by atoms with Crippen LogP contribution >= 0.6 is 11.3 Å². The van der Waals surface area contributed by atoms with E-state index in [1.807, 2.05) is 12.1 Å². The van der Waals surface area contributed by atoms with Gasteiger partial charge in [-0.25, -0.2) is 0 Å². The van der Waals surface area contributed by atoms with Gasteiger partial charge < -0.3 is 15.3 Å². The Balaban J connectivity index is 1.40. The molecule has 1 fully saturated rings. The van der Waals surface area contributed by atoms with Crippen molar-refractivity contribution in [2.45, 2.75) is 82.8 Å². The van der Waals surface area contributed by atoms with Gasteiger partial charge in [-0.2, -0.15) is 0 Å². The fraction of sp³-hybridized carbons (Fsp3) is 0.600. The lowest BCUT2D eigenvalue weighted by molar-refractivity contribution is -0.137. The fourth-order valence-corrected chi connectivity index (χ4v) is 5.86. The van der Waals surface area contributed by atoms with E-state index in [4.69, 9.17) is 5.11 Å². The van der Waals surface area contributed by atoms with Gasteiger partial charge in [-0.3, -0.25) is 9.59 Å². The van der Waals surface area contributed by atoms with E-state index in [0.29, 0.717) is 25.7 Å². The van der Waals surface area contributed by atoms with Gasteiger partial charge in [0.2, 0.25) is 0 Å². The summed E-state index contributed by atoms with van der Waals surface area (Å²) in [6.07, 6.45) is 6.29. The first-order chi connectivity index (χ1) is 14.9. The van der Waals surface area contributed by atoms with Crippen LogP contribution in [0.1, 0.15) is 69.1 Å². The van der Waals surface area contributed by atoms with Gasteiger partial charge in [-0.15, -0.1) is 11.3 Å². The average molecular weight is 447 g/mol. The van der Waals surface area contributed by atoms with Gasteiger partial charge in [0.1, 0.15) is 5.78 Å². The van der Waals surface area contributed by atoms with Gasteiger partial charge in [0, 0.05) is 28.3 Å². The lowest BCUT2D eigenvalue weighted by Crippen LogP contribution is -2.22. The Morgan fingerprint density at radius 3 is 2.65 bits per heavy atom. The number of aliphatic hydroxyl groups excluding tert-OH is 2. The molecule has 6 heteroatoms. The summed E-state index contributed by atoms with van der Waals surface area (Å²) in [5.41, 5.74) is 0. The van der Waals surface area contributed by atoms with Crippen LogP contribution in [0.25, 0.3) is 10.1 Å². The topological polar surface area (TPSA) is 94.8 Å². The molecule has 4 atom stereocenters. The SMILES string of the molecule is O=C(O)CCCCCC[C@H]1C(=O)C[C@@H](O)[C@@H]1CC[C@@H](O)CCc1cc2ccccc2s1. The van der Waals surface area contributed by atoms with E-state index < -0.39 is 18.2 Å². The van der Waals surface area contributed by atoms with Crippen molar-refractivity contribution in [2.24, 2.45) is 11.8 Å². The highest BCUT2D eigenvalue weighted by Crippen LogP contribution is 2.37. The molecule has 1 saturated carbocycles. The largest absolute Gasteiger partial charge is 0.481 e. The number of benzene rings is 1. The molecule has 1 aliphatic rings. The Kier molecular flexibility index (Phi) is 9.05. The highest BCUT2D eigenvalue weighted by molar-refractivity contribution is 7.19. The van der Waals surface area contributed by atoms with E-state index in [1.54, 1.807) is 11.3 Å². The lowest BCUT2D eigenvalue weighted by Gasteiger charge is -2.22. The number of rotatable bonds is 13. The van der Waals surface area contributed by atoms with Crippen molar-refractivity contribution in [3.05, 3.63) is 35.2 Å². The Morgan fingerprint density at radius 2 is 1.87 bits per heavy atom. The Morgan fingerprint density at radius 1 is 1.10 bits per heavy atom. The number of carboxylic acid groups (broad SMARTS) is 1. The van der Waals surface area contributed by atoms with Gasteiger partial charge >= 0.3 is 5.97 Å². The molecule has 3 rings (SSSR count). The second-order valence-electron chi connectivity index (χ2n) is 8.88. The predicted molar refractivity (Wildman–Crippen MR) is 123 cm³/mol. The van der Waals surface area contributed by atoms with Crippen LogP contribution in [-0.2, 0) is 16.0 Å². The maximum atomic E-state index is 12.3. The van der Waals surface area contributed by atoms with Crippen molar-refractivity contribution in [3.8, 4) is 0 Å². The number of unbranched alkanes of at least 4 members (excludes halogenated alkanes) is 3. The highest BCUT2D eigenvalue weighted by atomic mass is 32.1. The van der Waals surface area contributed by atoms with E-state index >= 15 is 0 Å². The number of aryl methyl sites for hydroxylation is 1. The number of fused-ring (bicyclic) bond motifs is 1. The van der Waals surface area contributed by atoms with Gasteiger partial charge in [-0.05, 0) is 62.0 Å². The third-order valence-electron chi connectivity index (χ3n) is 6.52. The van der Waals surface area contributed by atoms with Crippen molar-refractivity contribution in [3.63, 3.8) is 0 Å². The second kappa shape index (κ2) is 11.7. The molecule has 170 valence electrons. The zero-order valence-electron chi connectivity index (χ0n) is 18.0. The van der Waals surface area contributed by atoms with E-state index in [1.165, 1.54) is 15.0 Å². The van der Waals surface area contributed by atoms with E-state index in [9.17, 15) is 19.8 Å². The number of carbonyl (C=O) groups excluding carboxylic acids is 1. The van der Waals surface area contributed by atoms with Crippen LogP contribution in [0.4, 0.5) is 0 Å². The van der Waals surface area contributed by atoms with Crippen molar-refractivity contribution in [1.29, 1.82) is 0 Å². The molecule has 31 heavy (non-hydrogen) atoms. The normalized spacial score (nSPS) is 22.3. The lowest BCUT2D eigenvalue weighted by atomic mass is 9.85. The van der Waals surface area contributed by atoms with Crippen LogP contribution in [0.15, 0.2) is 30.3 Å². The molecular weight excluding hydrogens is 412 g/mol. The summed E-state index contributed by atoms with van der Waals surface area (Å²) in [7, 11) is 0. The highest BCUT2D eigenvalue weighted by Gasteiger charge is 2.40. The molecule has 1 aromatic heterocycles. The molecule has 0 unspecified atom stereocenters. The summed E-state index contributed by atoms with van der Waals surface area (Å²) in [5, 5.41) is 30.8. The summed E-state index contributed by atoms with van der Waals surface area (Å²) in [5.74, 6) is -0.808. The minimum absolute atomic E-state index is 0.0644. The zero-order chi connectivity index (χ0) is 22.2. The number of hydrogen-bond donors (Lipinski definition) is 3. The Bertz CT molecular complexity index is 827. The van der Waals surface area contributed by atoms with Gasteiger partial charge in [0.25, 0.3) is 0 Å². The Labute approximate surface area is 188 Å². The monoisotopic (exact) mass is 446 g/mol. The third-order valence-corrected chi connectivity index (χ3v) is 7.70. The second-order valence-corrected chi connectivity index (χ2v) is 10.0. The van der Waals surface area contributed by atoms with Crippen LogP contribution in [0.5, 0.6) is 0 Å².